The van der Waals surface area contributed by atoms with E-state index in [9.17, 15) is 0 Å². The number of thiazole rings is 1. The van der Waals surface area contributed by atoms with E-state index in [4.69, 9.17) is 0 Å². The predicted molar refractivity (Wildman–Crippen MR) is 103 cm³/mol. The Bertz CT molecular complexity index is 317. The number of aromatic nitrogens is 1. The highest BCUT2D eigenvalue weighted by molar-refractivity contribution is 7.99. The number of nitrogens with zero attached hydrogens (tertiary/aromatic N) is 1. The lowest BCUT2D eigenvalue weighted by molar-refractivity contribution is -0.687. The average Bonchev–Trinajstić information content (AvgIpc) is 3.04. The van der Waals surface area contributed by atoms with Crippen LogP contribution in [0.1, 0.15) is 84.0 Å². The molecule has 0 saturated heterocycles. The van der Waals surface area contributed by atoms with Crippen molar-refractivity contribution in [2.24, 2.45) is 0 Å². The van der Waals surface area contributed by atoms with Gasteiger partial charge in [-0.3, -0.25) is 0 Å². The molecule has 23 heavy (non-hydrogen) atoms. The minimum absolute atomic E-state index is 0. The quantitative estimate of drug-likeness (QED) is 0.204. The molecule has 0 saturated carbocycles. The van der Waals surface area contributed by atoms with Gasteiger partial charge in [-0.1, -0.05) is 88.9 Å². The molecular formula is C19H36INS2. The number of unbranched alkanes of at least 4 members (excludes halogenated alkanes) is 11. The van der Waals surface area contributed by atoms with Crippen molar-refractivity contribution in [2.75, 3.05) is 11.5 Å². The van der Waals surface area contributed by atoms with E-state index in [1.165, 1.54) is 95.1 Å². The smallest absolute Gasteiger partial charge is 0.224 e. The van der Waals surface area contributed by atoms with Crippen molar-refractivity contribution in [1.29, 1.82) is 0 Å². The van der Waals surface area contributed by atoms with Crippen molar-refractivity contribution in [3.8, 4) is 0 Å². The van der Waals surface area contributed by atoms with Gasteiger partial charge in [-0.15, -0.1) is 0 Å². The fourth-order valence-corrected chi connectivity index (χ4v) is 4.29. The van der Waals surface area contributed by atoms with E-state index < -0.39 is 0 Å². The third-order valence-corrected chi connectivity index (χ3v) is 5.88. The highest BCUT2D eigenvalue weighted by Crippen LogP contribution is 2.13. The molecule has 0 N–H and O–H groups in total. The van der Waals surface area contributed by atoms with Gasteiger partial charge in [0, 0.05) is 0 Å². The molecule has 0 bridgehead atoms. The Labute approximate surface area is 170 Å². The molecule has 1 aromatic rings. The molecule has 0 aliphatic heterocycles. The van der Waals surface area contributed by atoms with Crippen LogP contribution in [0.2, 0.25) is 0 Å². The lowest BCUT2D eigenvalue weighted by Crippen LogP contribution is -3.00. The van der Waals surface area contributed by atoms with Gasteiger partial charge in [0.1, 0.15) is 0 Å². The largest absolute Gasteiger partial charge is 1.00 e. The summed E-state index contributed by atoms with van der Waals surface area (Å²) in [5, 5.41) is 2.15. The number of aryl methyl sites for hydroxylation is 1. The molecule has 1 aromatic heterocycles. The Morgan fingerprint density at radius 1 is 0.783 bits per heavy atom. The number of thioether (sulfide) groups is 1. The zero-order valence-electron chi connectivity index (χ0n) is 15.0. The molecule has 0 atom stereocenters. The van der Waals surface area contributed by atoms with Gasteiger partial charge in [0.25, 0.3) is 0 Å². The van der Waals surface area contributed by atoms with Crippen LogP contribution >= 0.6 is 23.1 Å². The molecule has 0 radical (unpaired) electrons. The van der Waals surface area contributed by atoms with E-state index in [-0.39, 0.29) is 24.0 Å². The third kappa shape index (κ3) is 16.0. The molecule has 0 aliphatic rings. The van der Waals surface area contributed by atoms with Crippen LogP contribution in [-0.4, -0.2) is 11.5 Å². The second kappa shape index (κ2) is 19.0. The molecule has 4 heteroatoms. The summed E-state index contributed by atoms with van der Waals surface area (Å²) in [6, 6.07) is 0. The standard InChI is InChI=1S/C19H36NS2.HI/c1-2-3-4-5-6-7-8-9-10-11-12-13-16-21-17-14-20-15-18-22-19-20;/h15,18-19H,2-14,16-17H2,1H3;1H/q+1;/p-1. The normalized spacial score (nSPS) is 10.7. The molecule has 0 aliphatic carbocycles. The van der Waals surface area contributed by atoms with E-state index >= 15 is 0 Å². The summed E-state index contributed by atoms with van der Waals surface area (Å²) in [6.45, 7) is 3.47. The molecule has 0 spiro atoms. The van der Waals surface area contributed by atoms with Crippen molar-refractivity contribution in [3.05, 3.63) is 17.1 Å². The molecule has 0 aromatic carbocycles. The van der Waals surface area contributed by atoms with Crippen molar-refractivity contribution >= 4 is 23.1 Å². The second-order valence-corrected chi connectivity index (χ2v) is 8.25. The fraction of sp³-hybridized carbons (Fsp3) is 0.842. The SMILES string of the molecule is CCCCCCCCCCCCCCSCC[n+]1ccsc1.[I-]. The maximum atomic E-state index is 2.29. The number of rotatable bonds is 16. The van der Waals surface area contributed by atoms with Crippen molar-refractivity contribution in [2.45, 2.75) is 90.5 Å². The van der Waals surface area contributed by atoms with Crippen LogP contribution in [0.15, 0.2) is 17.1 Å². The minimum atomic E-state index is 0. The monoisotopic (exact) mass is 469 g/mol. The van der Waals surface area contributed by atoms with E-state index in [0.717, 1.165) is 0 Å². The first-order valence-electron chi connectivity index (χ1n) is 9.42. The summed E-state index contributed by atoms with van der Waals surface area (Å²) >= 11 is 3.90. The van der Waals surface area contributed by atoms with Crippen LogP contribution < -0.4 is 28.5 Å². The Balaban J connectivity index is 0.00000484. The summed E-state index contributed by atoms with van der Waals surface area (Å²) in [5.74, 6) is 2.61. The zero-order valence-corrected chi connectivity index (χ0v) is 18.8. The summed E-state index contributed by atoms with van der Waals surface area (Å²) in [6.07, 6.45) is 19.6. The number of hydrogen-bond donors (Lipinski definition) is 0. The van der Waals surface area contributed by atoms with Gasteiger partial charge >= 0.3 is 0 Å². The van der Waals surface area contributed by atoms with Crippen molar-refractivity contribution in [3.63, 3.8) is 0 Å². The van der Waals surface area contributed by atoms with E-state index in [2.05, 4.69) is 40.3 Å². The van der Waals surface area contributed by atoms with E-state index in [1.807, 2.05) is 0 Å². The van der Waals surface area contributed by atoms with Gasteiger partial charge < -0.3 is 24.0 Å². The maximum Gasteiger partial charge on any atom is 0.224 e. The molecular weight excluding hydrogens is 433 g/mol. The third-order valence-electron chi connectivity index (χ3n) is 4.16. The van der Waals surface area contributed by atoms with Gasteiger partial charge in [-0.05, 0) is 12.2 Å². The molecule has 0 fully saturated rings. The molecule has 1 nitrogen and oxygen atoms in total. The van der Waals surface area contributed by atoms with E-state index in [1.54, 1.807) is 11.3 Å². The van der Waals surface area contributed by atoms with Crippen LogP contribution in [0, 0.1) is 0 Å². The Hall–Kier alpha value is 0.710. The molecule has 136 valence electrons. The number of hydrogen-bond acceptors (Lipinski definition) is 2. The summed E-state index contributed by atoms with van der Waals surface area (Å²) < 4.78 is 2.29. The summed E-state index contributed by atoms with van der Waals surface area (Å²) in [5.41, 5.74) is 2.20. The zero-order chi connectivity index (χ0) is 15.7. The van der Waals surface area contributed by atoms with Crippen LogP contribution in [0.3, 0.4) is 0 Å². The highest BCUT2D eigenvalue weighted by atomic mass is 127. The Morgan fingerprint density at radius 3 is 1.87 bits per heavy atom. The first-order chi connectivity index (χ1) is 10.9. The first kappa shape index (κ1) is 23.7. The van der Waals surface area contributed by atoms with Crippen LogP contribution in [0.5, 0.6) is 0 Å². The highest BCUT2D eigenvalue weighted by Gasteiger charge is 1.99. The lowest BCUT2D eigenvalue weighted by Gasteiger charge is -2.03. The fourth-order valence-electron chi connectivity index (χ4n) is 2.71. The second-order valence-electron chi connectivity index (χ2n) is 6.27. The Kier molecular flexibility index (Phi) is 19.6. The average molecular weight is 470 g/mol. The maximum absolute atomic E-state index is 2.29. The van der Waals surface area contributed by atoms with Crippen molar-refractivity contribution in [1.82, 2.24) is 0 Å². The molecule has 1 rings (SSSR count). The lowest BCUT2D eigenvalue weighted by atomic mass is 10.1. The number of halogens is 1. The van der Waals surface area contributed by atoms with Crippen LogP contribution in [0.4, 0.5) is 0 Å². The van der Waals surface area contributed by atoms with Gasteiger partial charge in [0.2, 0.25) is 5.51 Å². The topological polar surface area (TPSA) is 3.88 Å². The van der Waals surface area contributed by atoms with Crippen LogP contribution in [0.25, 0.3) is 0 Å². The summed E-state index contributed by atoms with van der Waals surface area (Å²) in [4.78, 5) is 0. The van der Waals surface area contributed by atoms with Crippen LogP contribution in [-0.2, 0) is 6.54 Å². The van der Waals surface area contributed by atoms with Crippen molar-refractivity contribution < 1.29 is 28.5 Å². The van der Waals surface area contributed by atoms with E-state index in [0.29, 0.717) is 0 Å². The van der Waals surface area contributed by atoms with Gasteiger partial charge in [0.15, 0.2) is 12.7 Å². The van der Waals surface area contributed by atoms with Gasteiger partial charge in [-0.25, -0.2) is 0 Å². The predicted octanol–water partition coefficient (Wildman–Crippen LogP) is 3.47. The molecule has 0 unspecified atom stereocenters. The minimum Gasteiger partial charge on any atom is -1.00 e. The van der Waals surface area contributed by atoms with Gasteiger partial charge in [0.05, 0.1) is 11.1 Å². The Morgan fingerprint density at radius 2 is 1.35 bits per heavy atom. The molecule has 0 amide bonds. The first-order valence-corrected chi connectivity index (χ1v) is 11.5. The summed E-state index contributed by atoms with van der Waals surface area (Å²) in [7, 11) is 0. The van der Waals surface area contributed by atoms with Gasteiger partial charge in [-0.2, -0.15) is 16.3 Å². The molecule has 1 heterocycles.